The zero-order chi connectivity index (χ0) is 29.5. The fraction of sp³-hybridized carbons (Fsp3) is 0.500. The van der Waals surface area contributed by atoms with E-state index in [1.54, 1.807) is 18.2 Å². The Kier molecular flexibility index (Phi) is 7.99. The molecule has 2 aromatic rings. The van der Waals surface area contributed by atoms with Crippen molar-refractivity contribution < 1.29 is 23.9 Å². The van der Waals surface area contributed by atoms with Gasteiger partial charge in [0, 0.05) is 17.7 Å². The largest absolute Gasteiger partial charge is 0.481 e. The van der Waals surface area contributed by atoms with Crippen LogP contribution in [0.15, 0.2) is 47.5 Å². The topological polar surface area (TPSA) is 99.1 Å². The summed E-state index contributed by atoms with van der Waals surface area (Å²) in [4.78, 5) is 44.8. The van der Waals surface area contributed by atoms with Crippen LogP contribution in [-0.2, 0) is 9.59 Å². The van der Waals surface area contributed by atoms with Crippen molar-refractivity contribution in [1.29, 1.82) is 0 Å². The van der Waals surface area contributed by atoms with Crippen molar-refractivity contribution in [2.24, 2.45) is 22.2 Å². The number of aliphatic carboxylic acids is 1. The molecule has 2 aromatic carbocycles. The number of carbonyl (C=O) groups excluding carboxylic acids is 2. The number of nitrogens with one attached hydrogen (secondary N) is 1. The lowest BCUT2D eigenvalue weighted by molar-refractivity contribution is -0.137. The first kappa shape index (κ1) is 29.2. The van der Waals surface area contributed by atoms with Crippen molar-refractivity contribution >= 4 is 35.1 Å². The van der Waals surface area contributed by atoms with Gasteiger partial charge in [-0.25, -0.2) is 4.39 Å². The average Bonchev–Trinajstić information content (AvgIpc) is 3.72. The Balaban J connectivity index is 1.48. The summed E-state index contributed by atoms with van der Waals surface area (Å²) in [5, 5.41) is 11.4. The van der Waals surface area contributed by atoms with Gasteiger partial charge in [-0.2, -0.15) is 0 Å². The lowest BCUT2D eigenvalue weighted by atomic mass is 9.69. The number of amides is 2. The number of hydrogen-bond acceptors (Lipinski definition) is 4. The first-order valence-electron chi connectivity index (χ1n) is 14.4. The molecule has 9 heteroatoms. The fourth-order valence-electron chi connectivity index (χ4n) is 6.39. The molecule has 2 fully saturated rings. The third kappa shape index (κ3) is 6.03. The maximum atomic E-state index is 14.3. The monoisotopic (exact) mass is 581 g/mol. The lowest BCUT2D eigenvalue weighted by Crippen LogP contribution is -2.52. The minimum absolute atomic E-state index is 0.0436. The SMILES string of the molecule is CC(C)(C)C1CCC2(CC1)N=C(c1ccc(F)c(Cl)c1)C(=O)N2[C@@H](c1ccc(C(=O)NCCC(=O)O)cc1)C1CC1. The zero-order valence-electron chi connectivity index (χ0n) is 23.8. The summed E-state index contributed by atoms with van der Waals surface area (Å²) in [6, 6.07) is 11.4. The molecule has 3 aliphatic rings. The van der Waals surface area contributed by atoms with Gasteiger partial charge in [0.15, 0.2) is 0 Å². The summed E-state index contributed by atoms with van der Waals surface area (Å²) in [7, 11) is 0. The van der Waals surface area contributed by atoms with Crippen molar-refractivity contribution in [3.63, 3.8) is 0 Å². The second-order valence-corrected chi connectivity index (χ2v) is 13.1. The standard InChI is InChI=1S/C32H37ClFN3O4/c1-31(2,3)23-12-15-32(16-13-23)36-27(22-10-11-25(34)24(33)18-22)30(41)37(32)28(19-4-5-19)20-6-8-21(9-7-20)29(40)35-17-14-26(38)39/h6-11,18-19,23,28H,4-5,12-17H2,1-3H3,(H,35,40)(H,38,39)/t23?,28-,32?/m1/s1. The number of carbonyl (C=O) groups is 3. The van der Waals surface area contributed by atoms with E-state index in [4.69, 9.17) is 21.7 Å². The molecule has 0 bridgehead atoms. The van der Waals surface area contributed by atoms with Gasteiger partial charge in [-0.05, 0) is 91.7 Å². The summed E-state index contributed by atoms with van der Waals surface area (Å²) in [6.45, 7) is 6.83. The molecule has 2 aliphatic carbocycles. The summed E-state index contributed by atoms with van der Waals surface area (Å²) in [5.74, 6) is -1.23. The molecule has 2 N–H and O–H groups in total. The molecule has 0 saturated heterocycles. The van der Waals surface area contributed by atoms with E-state index in [2.05, 4.69) is 26.1 Å². The number of benzene rings is 2. The highest BCUT2D eigenvalue weighted by Crippen LogP contribution is 2.54. The molecular formula is C32H37ClFN3O4. The molecular weight excluding hydrogens is 545 g/mol. The van der Waals surface area contributed by atoms with Crippen molar-refractivity contribution in [1.82, 2.24) is 10.2 Å². The van der Waals surface area contributed by atoms with Crippen LogP contribution in [0.2, 0.25) is 5.02 Å². The van der Waals surface area contributed by atoms with E-state index < -0.39 is 17.4 Å². The van der Waals surface area contributed by atoms with E-state index in [-0.39, 0.29) is 47.2 Å². The van der Waals surface area contributed by atoms with Crippen molar-refractivity contribution in [2.45, 2.75) is 77.4 Å². The first-order chi connectivity index (χ1) is 19.4. The van der Waals surface area contributed by atoms with E-state index in [0.29, 0.717) is 22.8 Å². The van der Waals surface area contributed by atoms with Crippen LogP contribution in [0.4, 0.5) is 4.39 Å². The summed E-state index contributed by atoms with van der Waals surface area (Å²) in [5.41, 5.74) is 1.66. The number of carboxylic acids is 1. The predicted octanol–water partition coefficient (Wildman–Crippen LogP) is 6.40. The molecule has 2 amide bonds. The van der Waals surface area contributed by atoms with Gasteiger partial charge in [-0.3, -0.25) is 19.4 Å². The Bertz CT molecular complexity index is 1370. The zero-order valence-corrected chi connectivity index (χ0v) is 24.5. The number of carboxylic acid groups (broad SMARTS) is 1. The van der Waals surface area contributed by atoms with Gasteiger partial charge in [-0.15, -0.1) is 0 Å². The van der Waals surface area contributed by atoms with E-state index >= 15 is 0 Å². The Labute approximate surface area is 245 Å². The number of rotatable bonds is 8. The highest BCUT2D eigenvalue weighted by atomic mass is 35.5. The molecule has 5 rings (SSSR count). The van der Waals surface area contributed by atoms with Gasteiger partial charge in [0.25, 0.3) is 11.8 Å². The Hall–Kier alpha value is -3.26. The number of hydrogen-bond donors (Lipinski definition) is 2. The van der Waals surface area contributed by atoms with Crippen LogP contribution in [0.3, 0.4) is 0 Å². The molecule has 0 aromatic heterocycles. The highest BCUT2D eigenvalue weighted by molar-refractivity contribution is 6.47. The highest BCUT2D eigenvalue weighted by Gasteiger charge is 2.55. The molecule has 0 radical (unpaired) electrons. The first-order valence-corrected chi connectivity index (χ1v) is 14.8. The number of halogens is 2. The third-order valence-corrected chi connectivity index (χ3v) is 9.17. The summed E-state index contributed by atoms with van der Waals surface area (Å²) in [6.07, 6.45) is 5.21. The maximum Gasteiger partial charge on any atom is 0.305 e. The van der Waals surface area contributed by atoms with Gasteiger partial charge in [0.2, 0.25) is 0 Å². The Morgan fingerprint density at radius 1 is 1.12 bits per heavy atom. The van der Waals surface area contributed by atoms with Gasteiger partial charge in [0.1, 0.15) is 17.2 Å². The van der Waals surface area contributed by atoms with E-state index in [0.717, 1.165) is 44.1 Å². The lowest BCUT2D eigenvalue weighted by Gasteiger charge is -2.47. The third-order valence-electron chi connectivity index (χ3n) is 8.88. The Morgan fingerprint density at radius 3 is 2.34 bits per heavy atom. The van der Waals surface area contributed by atoms with Crippen molar-refractivity contribution in [2.75, 3.05) is 6.54 Å². The molecule has 0 unspecified atom stereocenters. The predicted molar refractivity (Wildman–Crippen MR) is 155 cm³/mol. The normalized spacial score (nSPS) is 23.4. The number of aliphatic imine (C=N–C) groups is 1. The molecule has 218 valence electrons. The van der Waals surface area contributed by atoms with E-state index in [1.807, 2.05) is 17.0 Å². The summed E-state index contributed by atoms with van der Waals surface area (Å²) >= 11 is 6.11. The molecule has 1 spiro atoms. The van der Waals surface area contributed by atoms with Crippen LogP contribution < -0.4 is 5.32 Å². The van der Waals surface area contributed by atoms with Gasteiger partial charge >= 0.3 is 5.97 Å². The van der Waals surface area contributed by atoms with Gasteiger partial charge < -0.3 is 15.3 Å². The molecule has 1 atom stereocenters. The van der Waals surface area contributed by atoms with E-state index in [1.165, 1.54) is 12.1 Å². The second kappa shape index (κ2) is 11.2. The molecule has 7 nitrogen and oxygen atoms in total. The molecule has 2 saturated carbocycles. The van der Waals surface area contributed by atoms with Crippen LogP contribution in [0.1, 0.15) is 93.2 Å². The Morgan fingerprint density at radius 2 is 1.78 bits per heavy atom. The van der Waals surface area contributed by atoms with Crippen LogP contribution in [0.5, 0.6) is 0 Å². The molecule has 1 heterocycles. The van der Waals surface area contributed by atoms with Crippen molar-refractivity contribution in [3.05, 3.63) is 70.0 Å². The van der Waals surface area contributed by atoms with Gasteiger partial charge in [-0.1, -0.05) is 44.5 Å². The molecule has 41 heavy (non-hydrogen) atoms. The number of nitrogens with zero attached hydrogens (tertiary/aromatic N) is 2. The smallest absolute Gasteiger partial charge is 0.305 e. The van der Waals surface area contributed by atoms with Crippen molar-refractivity contribution in [3.8, 4) is 0 Å². The van der Waals surface area contributed by atoms with Crippen LogP contribution in [0.25, 0.3) is 0 Å². The van der Waals surface area contributed by atoms with Crippen LogP contribution in [0, 0.1) is 23.1 Å². The minimum atomic E-state index is -0.974. The quantitative estimate of drug-likeness (QED) is 0.377. The summed E-state index contributed by atoms with van der Waals surface area (Å²) < 4.78 is 14.0. The minimum Gasteiger partial charge on any atom is -0.481 e. The van der Waals surface area contributed by atoms with E-state index in [9.17, 15) is 18.8 Å². The molecule has 1 aliphatic heterocycles. The van der Waals surface area contributed by atoms with Crippen LogP contribution >= 0.6 is 11.6 Å². The second-order valence-electron chi connectivity index (χ2n) is 12.7. The maximum absolute atomic E-state index is 14.3. The van der Waals surface area contributed by atoms with Gasteiger partial charge in [0.05, 0.1) is 17.5 Å². The van der Waals surface area contributed by atoms with Crippen LogP contribution in [-0.4, -0.2) is 45.7 Å². The average molecular weight is 582 g/mol. The fourth-order valence-corrected chi connectivity index (χ4v) is 6.57.